The van der Waals surface area contributed by atoms with Gasteiger partial charge in [0.05, 0.1) is 18.6 Å². The Bertz CT molecular complexity index is 959. The molecule has 0 radical (unpaired) electrons. The van der Waals surface area contributed by atoms with Gasteiger partial charge in [-0.3, -0.25) is 9.59 Å². The number of hydrogen-bond donors (Lipinski definition) is 1. The van der Waals surface area contributed by atoms with E-state index in [0.717, 1.165) is 16.8 Å². The number of carbonyl (C=O) groups is 2. The number of benzene rings is 2. The van der Waals surface area contributed by atoms with E-state index >= 15 is 0 Å². The summed E-state index contributed by atoms with van der Waals surface area (Å²) in [5.74, 6) is 0.122. The van der Waals surface area contributed by atoms with Crippen LogP contribution in [0.2, 0.25) is 0 Å². The third kappa shape index (κ3) is 3.85. The molecule has 2 aliphatic rings. The number of fused-ring (bicyclic) bond motifs is 1. The second-order valence-electron chi connectivity index (χ2n) is 8.25. The van der Waals surface area contributed by atoms with E-state index in [-0.39, 0.29) is 24.5 Å². The van der Waals surface area contributed by atoms with Gasteiger partial charge in [0, 0.05) is 31.9 Å². The van der Waals surface area contributed by atoms with Crippen molar-refractivity contribution in [3.63, 3.8) is 0 Å². The first-order chi connectivity index (χ1) is 14.9. The van der Waals surface area contributed by atoms with Crippen molar-refractivity contribution in [1.82, 2.24) is 4.90 Å². The maximum atomic E-state index is 12.9. The fraction of sp³-hybridized carbons (Fsp3) is 0.417. The normalized spacial score (nSPS) is 22.8. The molecular formula is C24H29N3O4. The minimum atomic E-state index is -0.890. The Morgan fingerprint density at radius 2 is 1.87 bits per heavy atom. The summed E-state index contributed by atoms with van der Waals surface area (Å²) < 4.78 is 11.1. The van der Waals surface area contributed by atoms with Crippen molar-refractivity contribution in [2.24, 2.45) is 5.73 Å². The number of hydrogen-bond acceptors (Lipinski definition) is 5. The largest absolute Gasteiger partial charge is 0.484 e. The van der Waals surface area contributed by atoms with E-state index < -0.39 is 5.41 Å². The molecule has 1 fully saturated rings. The fourth-order valence-corrected chi connectivity index (χ4v) is 4.67. The molecule has 2 heterocycles. The number of ether oxygens (including phenoxy) is 2. The number of anilines is 1. The molecule has 0 aromatic heterocycles. The first-order valence-electron chi connectivity index (χ1n) is 10.6. The number of nitrogens with two attached hydrogens (primary N) is 1. The molecule has 2 aliphatic heterocycles. The van der Waals surface area contributed by atoms with Crippen LogP contribution in [0, 0.1) is 0 Å². The van der Waals surface area contributed by atoms with Crippen LogP contribution in [0.4, 0.5) is 5.69 Å². The molecule has 0 aliphatic carbocycles. The van der Waals surface area contributed by atoms with Crippen LogP contribution in [0.25, 0.3) is 0 Å². The van der Waals surface area contributed by atoms with Crippen molar-refractivity contribution in [1.29, 1.82) is 0 Å². The van der Waals surface area contributed by atoms with Gasteiger partial charge in [-0.1, -0.05) is 30.3 Å². The lowest BCUT2D eigenvalue weighted by Crippen LogP contribution is -2.52. The highest BCUT2D eigenvalue weighted by Crippen LogP contribution is 2.47. The summed E-state index contributed by atoms with van der Waals surface area (Å²) in [6.07, 6.45) is 0.498. The SMILES string of the molecule is CC1N(C)c2ccc(OCC(=O)N3CCOCC3)cc2C1(Cc1ccccc1)C(N)=O. The first-order valence-corrected chi connectivity index (χ1v) is 10.6. The molecule has 0 spiro atoms. The van der Waals surface area contributed by atoms with Crippen LogP contribution in [-0.2, 0) is 26.2 Å². The average Bonchev–Trinajstić information content (AvgIpc) is 3.01. The number of carbonyl (C=O) groups excluding carboxylic acids is 2. The third-order valence-corrected chi connectivity index (χ3v) is 6.61. The minimum Gasteiger partial charge on any atom is -0.484 e. The summed E-state index contributed by atoms with van der Waals surface area (Å²) in [7, 11) is 1.97. The molecule has 0 bridgehead atoms. The summed E-state index contributed by atoms with van der Waals surface area (Å²) in [5.41, 5.74) is 7.99. The Morgan fingerprint density at radius 3 is 2.55 bits per heavy atom. The van der Waals surface area contributed by atoms with Crippen LogP contribution in [0.3, 0.4) is 0 Å². The Morgan fingerprint density at radius 1 is 1.16 bits per heavy atom. The lowest BCUT2D eigenvalue weighted by molar-refractivity contribution is -0.137. The fourth-order valence-electron chi connectivity index (χ4n) is 4.67. The molecular weight excluding hydrogens is 394 g/mol. The Labute approximate surface area is 182 Å². The van der Waals surface area contributed by atoms with E-state index in [4.69, 9.17) is 15.2 Å². The topological polar surface area (TPSA) is 85.1 Å². The van der Waals surface area contributed by atoms with Crippen LogP contribution >= 0.6 is 0 Å². The summed E-state index contributed by atoms with van der Waals surface area (Å²) in [4.78, 5) is 29.2. The highest BCUT2D eigenvalue weighted by Gasteiger charge is 2.52. The number of primary amides is 1. The highest BCUT2D eigenvalue weighted by atomic mass is 16.5. The maximum Gasteiger partial charge on any atom is 0.260 e. The van der Waals surface area contributed by atoms with E-state index in [1.807, 2.05) is 62.5 Å². The number of rotatable bonds is 6. The zero-order chi connectivity index (χ0) is 22.0. The van der Waals surface area contributed by atoms with Gasteiger partial charge in [0.2, 0.25) is 5.91 Å². The molecule has 7 nitrogen and oxygen atoms in total. The number of amides is 2. The maximum absolute atomic E-state index is 12.9. The third-order valence-electron chi connectivity index (χ3n) is 6.61. The van der Waals surface area contributed by atoms with Gasteiger partial charge in [0.15, 0.2) is 6.61 Å². The quantitative estimate of drug-likeness (QED) is 0.765. The Kier molecular flexibility index (Phi) is 5.87. The number of nitrogens with zero attached hydrogens (tertiary/aromatic N) is 2. The average molecular weight is 424 g/mol. The molecule has 2 N–H and O–H groups in total. The van der Waals surface area contributed by atoms with Crippen molar-refractivity contribution in [3.8, 4) is 5.75 Å². The lowest BCUT2D eigenvalue weighted by Gasteiger charge is -2.33. The van der Waals surface area contributed by atoms with Gasteiger partial charge >= 0.3 is 0 Å². The number of likely N-dealkylation sites (N-methyl/N-ethyl adjacent to an activating group) is 1. The number of morpholine rings is 1. The van der Waals surface area contributed by atoms with E-state index in [0.29, 0.717) is 38.5 Å². The molecule has 1 saturated heterocycles. The molecule has 7 heteroatoms. The van der Waals surface area contributed by atoms with Crippen molar-refractivity contribution in [2.45, 2.75) is 24.8 Å². The van der Waals surface area contributed by atoms with Gasteiger partial charge in [0.1, 0.15) is 5.75 Å². The molecule has 2 amide bonds. The summed E-state index contributed by atoms with van der Waals surface area (Å²) in [6.45, 7) is 4.24. The van der Waals surface area contributed by atoms with Crippen LogP contribution in [0.15, 0.2) is 48.5 Å². The zero-order valence-electron chi connectivity index (χ0n) is 18.0. The molecule has 2 aromatic carbocycles. The van der Waals surface area contributed by atoms with E-state index in [9.17, 15) is 9.59 Å². The molecule has 4 rings (SSSR count). The zero-order valence-corrected chi connectivity index (χ0v) is 18.0. The van der Waals surface area contributed by atoms with Crippen molar-refractivity contribution < 1.29 is 19.1 Å². The van der Waals surface area contributed by atoms with E-state index in [1.54, 1.807) is 4.90 Å². The van der Waals surface area contributed by atoms with E-state index in [2.05, 4.69) is 4.90 Å². The lowest BCUT2D eigenvalue weighted by atomic mass is 9.72. The van der Waals surface area contributed by atoms with Gasteiger partial charge in [-0.15, -0.1) is 0 Å². The van der Waals surface area contributed by atoms with Gasteiger partial charge < -0.3 is 25.0 Å². The van der Waals surface area contributed by atoms with E-state index in [1.165, 1.54) is 0 Å². The van der Waals surface area contributed by atoms with Gasteiger partial charge in [-0.2, -0.15) is 0 Å². The van der Waals surface area contributed by atoms with Gasteiger partial charge in [-0.25, -0.2) is 0 Å². The summed E-state index contributed by atoms with van der Waals surface area (Å²) in [5, 5.41) is 0. The molecule has 164 valence electrons. The smallest absolute Gasteiger partial charge is 0.260 e. The monoisotopic (exact) mass is 423 g/mol. The van der Waals surface area contributed by atoms with Crippen LogP contribution < -0.4 is 15.4 Å². The molecule has 31 heavy (non-hydrogen) atoms. The predicted molar refractivity (Wildman–Crippen MR) is 118 cm³/mol. The first kappa shape index (κ1) is 21.2. The van der Waals surface area contributed by atoms with Crippen molar-refractivity contribution >= 4 is 17.5 Å². The van der Waals surface area contributed by atoms with Gasteiger partial charge in [0.25, 0.3) is 5.91 Å². The summed E-state index contributed by atoms with van der Waals surface area (Å²) >= 11 is 0. The van der Waals surface area contributed by atoms with Gasteiger partial charge in [-0.05, 0) is 42.7 Å². The molecule has 2 atom stereocenters. The standard InChI is InChI=1S/C24H29N3O4/c1-17-24(23(25)29,15-18-6-4-3-5-7-18)20-14-19(8-9-21(20)26(17)2)31-16-22(28)27-10-12-30-13-11-27/h3-9,14,17H,10-13,15-16H2,1-2H3,(H2,25,29). The van der Waals surface area contributed by atoms with Crippen LogP contribution in [-0.4, -0.2) is 62.7 Å². The minimum absolute atomic E-state index is 0.0492. The molecule has 0 saturated carbocycles. The second kappa shape index (κ2) is 8.59. The van der Waals surface area contributed by atoms with Crippen LogP contribution in [0.5, 0.6) is 5.75 Å². The van der Waals surface area contributed by atoms with Crippen LogP contribution in [0.1, 0.15) is 18.1 Å². The van der Waals surface area contributed by atoms with Crippen molar-refractivity contribution in [2.75, 3.05) is 44.9 Å². The molecule has 2 unspecified atom stereocenters. The van der Waals surface area contributed by atoms with Crippen molar-refractivity contribution in [3.05, 3.63) is 59.7 Å². The second-order valence-corrected chi connectivity index (χ2v) is 8.25. The predicted octanol–water partition coefficient (Wildman–Crippen LogP) is 1.73. The Hall–Kier alpha value is -3.06. The Balaban J connectivity index is 1.61. The summed E-state index contributed by atoms with van der Waals surface area (Å²) in [6, 6.07) is 15.4. The molecule has 2 aromatic rings. The highest BCUT2D eigenvalue weighted by molar-refractivity contribution is 5.93.